The molecule has 0 spiro atoms. The van der Waals surface area contributed by atoms with E-state index in [2.05, 4.69) is 31.3 Å². The summed E-state index contributed by atoms with van der Waals surface area (Å²) >= 11 is 0. The van der Waals surface area contributed by atoms with Crippen LogP contribution in [0.1, 0.15) is 13.3 Å². The second-order valence-corrected chi connectivity index (χ2v) is 5.70. The number of nitrogens with one attached hydrogen (secondary N) is 2. The minimum absolute atomic E-state index is 0.00862. The zero-order chi connectivity index (χ0) is 18.4. The summed E-state index contributed by atoms with van der Waals surface area (Å²) in [5.41, 5.74) is 1.28. The van der Waals surface area contributed by atoms with Crippen LogP contribution in [0.2, 0.25) is 0 Å². The molecule has 0 aliphatic carbocycles. The normalized spacial score (nSPS) is 11.8. The zero-order valence-corrected chi connectivity index (χ0v) is 14.5. The van der Waals surface area contributed by atoms with Gasteiger partial charge in [0.2, 0.25) is 0 Å². The Balaban J connectivity index is 1.58. The first kappa shape index (κ1) is 17.4. The summed E-state index contributed by atoms with van der Waals surface area (Å²) in [5, 5.41) is 20.9. The molecule has 3 aromatic rings. The van der Waals surface area contributed by atoms with Gasteiger partial charge in [0.1, 0.15) is 12.1 Å². The predicted molar refractivity (Wildman–Crippen MR) is 94.2 cm³/mol. The number of nitrogens with zero attached hydrogens (tertiary/aromatic N) is 6. The van der Waals surface area contributed by atoms with E-state index in [4.69, 9.17) is 4.74 Å². The Bertz CT molecular complexity index is 832. The number of aryl methyl sites for hydroxylation is 1. The van der Waals surface area contributed by atoms with Crippen molar-refractivity contribution in [1.29, 1.82) is 0 Å². The Kier molecular flexibility index (Phi) is 5.42. The van der Waals surface area contributed by atoms with Gasteiger partial charge < -0.3 is 15.4 Å². The van der Waals surface area contributed by atoms with Crippen LogP contribution >= 0.6 is 0 Å². The van der Waals surface area contributed by atoms with E-state index in [1.807, 2.05) is 23.9 Å². The van der Waals surface area contributed by atoms with Crippen LogP contribution in [-0.2, 0) is 6.54 Å². The van der Waals surface area contributed by atoms with Crippen molar-refractivity contribution in [3.63, 3.8) is 0 Å². The lowest BCUT2D eigenvalue weighted by Crippen LogP contribution is -2.36. The van der Waals surface area contributed by atoms with Gasteiger partial charge in [0.25, 0.3) is 0 Å². The number of methoxy groups -OCH3 is 1. The standard InChI is InChI=1S/C16H20N8O2/c1-12(6-9-23-8-3-7-18-23)19-16(25)20-14-5-4-13(10-15(14)26-2)24-11-17-21-22-24/h3-5,7-8,10-12H,6,9H2,1-2H3,(H2,19,20,25). The maximum Gasteiger partial charge on any atom is 0.319 e. The summed E-state index contributed by atoms with van der Waals surface area (Å²) in [4.78, 5) is 12.2. The molecule has 1 aromatic carbocycles. The minimum Gasteiger partial charge on any atom is -0.494 e. The number of ether oxygens (including phenoxy) is 1. The summed E-state index contributed by atoms with van der Waals surface area (Å²) in [6, 6.07) is 6.83. The van der Waals surface area contributed by atoms with Gasteiger partial charge >= 0.3 is 6.03 Å². The average molecular weight is 356 g/mol. The number of tetrazole rings is 1. The number of anilines is 1. The fraction of sp³-hybridized carbons (Fsp3) is 0.312. The minimum atomic E-state index is -0.300. The molecule has 1 atom stereocenters. The number of benzene rings is 1. The summed E-state index contributed by atoms with van der Waals surface area (Å²) < 4.78 is 8.68. The maximum atomic E-state index is 12.2. The van der Waals surface area contributed by atoms with Crippen molar-refractivity contribution in [3.8, 4) is 11.4 Å². The van der Waals surface area contributed by atoms with E-state index in [0.717, 1.165) is 18.7 Å². The highest BCUT2D eigenvalue weighted by Gasteiger charge is 2.12. The number of urea groups is 1. The number of hydrogen-bond acceptors (Lipinski definition) is 6. The smallest absolute Gasteiger partial charge is 0.319 e. The van der Waals surface area contributed by atoms with Crippen molar-refractivity contribution < 1.29 is 9.53 Å². The van der Waals surface area contributed by atoms with Crippen molar-refractivity contribution in [3.05, 3.63) is 43.0 Å². The summed E-state index contributed by atoms with van der Waals surface area (Å²) in [6.07, 6.45) is 5.88. The molecular formula is C16H20N8O2. The predicted octanol–water partition coefficient (Wildman–Crippen LogP) is 1.47. The molecule has 2 heterocycles. The number of carbonyl (C=O) groups excluding carboxylic acids is 1. The number of amides is 2. The molecule has 26 heavy (non-hydrogen) atoms. The van der Waals surface area contributed by atoms with Gasteiger partial charge in [-0.3, -0.25) is 4.68 Å². The molecule has 0 saturated carbocycles. The molecule has 0 aliphatic heterocycles. The monoisotopic (exact) mass is 356 g/mol. The third-order valence-corrected chi connectivity index (χ3v) is 3.77. The van der Waals surface area contributed by atoms with E-state index >= 15 is 0 Å². The lowest BCUT2D eigenvalue weighted by molar-refractivity contribution is 0.248. The van der Waals surface area contributed by atoms with Crippen LogP contribution in [0.25, 0.3) is 5.69 Å². The van der Waals surface area contributed by atoms with E-state index in [-0.39, 0.29) is 12.1 Å². The number of hydrogen-bond donors (Lipinski definition) is 2. The molecule has 10 nitrogen and oxygen atoms in total. The summed E-state index contributed by atoms with van der Waals surface area (Å²) in [6.45, 7) is 2.68. The molecule has 0 aliphatic rings. The molecule has 0 radical (unpaired) electrons. The molecule has 3 rings (SSSR count). The summed E-state index contributed by atoms with van der Waals surface area (Å²) in [7, 11) is 1.54. The number of aromatic nitrogens is 6. The maximum absolute atomic E-state index is 12.2. The fourth-order valence-electron chi connectivity index (χ4n) is 2.42. The second kappa shape index (κ2) is 8.10. The van der Waals surface area contributed by atoms with E-state index in [0.29, 0.717) is 11.4 Å². The van der Waals surface area contributed by atoms with Gasteiger partial charge in [-0.25, -0.2) is 9.48 Å². The first-order chi connectivity index (χ1) is 12.7. The number of rotatable bonds is 7. The van der Waals surface area contributed by atoms with Crippen molar-refractivity contribution >= 4 is 11.7 Å². The largest absolute Gasteiger partial charge is 0.494 e. The molecule has 2 aromatic heterocycles. The van der Waals surface area contributed by atoms with Crippen LogP contribution in [0.5, 0.6) is 5.75 Å². The fourth-order valence-corrected chi connectivity index (χ4v) is 2.42. The van der Waals surface area contributed by atoms with Gasteiger partial charge in [0.05, 0.1) is 18.5 Å². The van der Waals surface area contributed by atoms with Gasteiger partial charge in [-0.2, -0.15) is 5.10 Å². The quantitative estimate of drug-likeness (QED) is 0.663. The zero-order valence-electron chi connectivity index (χ0n) is 14.5. The molecular weight excluding hydrogens is 336 g/mol. The molecule has 1 unspecified atom stereocenters. The van der Waals surface area contributed by atoms with E-state index in [1.165, 1.54) is 18.1 Å². The van der Waals surface area contributed by atoms with Crippen molar-refractivity contribution in [2.45, 2.75) is 25.9 Å². The Labute approximate surface area is 150 Å². The lowest BCUT2D eigenvalue weighted by Gasteiger charge is -2.16. The van der Waals surface area contributed by atoms with Gasteiger partial charge in [-0.15, -0.1) is 5.10 Å². The van der Waals surface area contributed by atoms with Gasteiger partial charge in [0, 0.05) is 31.0 Å². The Hall–Kier alpha value is -3.43. The molecule has 0 saturated heterocycles. The van der Waals surface area contributed by atoms with Crippen LogP contribution in [0, 0.1) is 0 Å². The van der Waals surface area contributed by atoms with Crippen molar-refractivity contribution in [1.82, 2.24) is 35.3 Å². The van der Waals surface area contributed by atoms with Crippen molar-refractivity contribution in [2.75, 3.05) is 12.4 Å². The Morgan fingerprint density at radius 1 is 1.38 bits per heavy atom. The molecule has 2 amide bonds. The highest BCUT2D eigenvalue weighted by molar-refractivity contribution is 5.91. The SMILES string of the molecule is COc1cc(-n2cnnn2)ccc1NC(=O)NC(C)CCn1cccn1. The Morgan fingerprint density at radius 3 is 2.96 bits per heavy atom. The first-order valence-corrected chi connectivity index (χ1v) is 8.12. The van der Waals surface area contributed by atoms with Crippen LogP contribution in [0.4, 0.5) is 10.5 Å². The van der Waals surface area contributed by atoms with Gasteiger partial charge in [-0.1, -0.05) is 0 Å². The molecule has 0 fully saturated rings. The Morgan fingerprint density at radius 2 is 2.27 bits per heavy atom. The molecule has 0 bridgehead atoms. The highest BCUT2D eigenvalue weighted by Crippen LogP contribution is 2.26. The van der Waals surface area contributed by atoms with Gasteiger partial charge in [0.15, 0.2) is 0 Å². The van der Waals surface area contributed by atoms with E-state index < -0.39 is 0 Å². The van der Waals surface area contributed by atoms with E-state index in [1.54, 1.807) is 24.4 Å². The van der Waals surface area contributed by atoms with Crippen LogP contribution in [-0.4, -0.2) is 49.2 Å². The number of carbonyl (C=O) groups is 1. The molecule has 10 heteroatoms. The van der Waals surface area contributed by atoms with Crippen LogP contribution < -0.4 is 15.4 Å². The third-order valence-electron chi connectivity index (χ3n) is 3.77. The lowest BCUT2D eigenvalue weighted by atomic mass is 10.2. The van der Waals surface area contributed by atoms with E-state index in [9.17, 15) is 4.79 Å². The third kappa shape index (κ3) is 4.35. The van der Waals surface area contributed by atoms with Gasteiger partial charge in [-0.05, 0) is 42.0 Å². The topological polar surface area (TPSA) is 112 Å². The molecule has 2 N–H and O–H groups in total. The van der Waals surface area contributed by atoms with Crippen LogP contribution in [0.15, 0.2) is 43.0 Å². The summed E-state index contributed by atoms with van der Waals surface area (Å²) in [5.74, 6) is 0.511. The highest BCUT2D eigenvalue weighted by atomic mass is 16.5. The van der Waals surface area contributed by atoms with Crippen LogP contribution in [0.3, 0.4) is 0 Å². The molecule has 136 valence electrons. The second-order valence-electron chi connectivity index (χ2n) is 5.70. The average Bonchev–Trinajstić information content (AvgIpc) is 3.34. The first-order valence-electron chi connectivity index (χ1n) is 8.12. The van der Waals surface area contributed by atoms with Crippen molar-refractivity contribution in [2.24, 2.45) is 0 Å².